The van der Waals surface area contributed by atoms with Crippen LogP contribution in [-0.4, -0.2) is 41.1 Å². The van der Waals surface area contributed by atoms with Crippen LogP contribution in [0.5, 0.6) is 5.88 Å². The zero-order valence-electron chi connectivity index (χ0n) is 7.90. The van der Waals surface area contributed by atoms with Gasteiger partial charge in [0.25, 0.3) is 0 Å². The van der Waals surface area contributed by atoms with E-state index < -0.39 is 0 Å². The summed E-state index contributed by atoms with van der Waals surface area (Å²) in [7, 11) is 2.07. The Morgan fingerprint density at radius 1 is 1.54 bits per heavy atom. The number of hydrogen-bond acceptors (Lipinski definition) is 4. The first-order chi connectivity index (χ1) is 6.24. The fourth-order valence-corrected chi connectivity index (χ4v) is 1.39. The van der Waals surface area contributed by atoms with E-state index >= 15 is 0 Å². The Labute approximate surface area is 77.6 Å². The topological polar surface area (TPSA) is 38.2 Å². The van der Waals surface area contributed by atoms with Gasteiger partial charge in [-0.15, -0.1) is 0 Å². The maximum absolute atomic E-state index is 5.61. The molecule has 13 heavy (non-hydrogen) atoms. The third kappa shape index (κ3) is 1.95. The predicted molar refractivity (Wildman–Crippen MR) is 48.7 cm³/mol. The van der Waals surface area contributed by atoms with Crippen molar-refractivity contribution in [2.75, 3.05) is 20.1 Å². The minimum Gasteiger partial charge on any atom is -0.472 e. The Hall–Kier alpha value is -1.16. The summed E-state index contributed by atoms with van der Waals surface area (Å²) in [6.07, 6.45) is 2.03. The first kappa shape index (κ1) is 8.44. The van der Waals surface area contributed by atoms with Gasteiger partial charge in [-0.25, -0.2) is 4.98 Å². The van der Waals surface area contributed by atoms with Crippen LogP contribution < -0.4 is 4.74 Å². The SMILES string of the molecule is Cc1nccc(OC2CN(C)C2)n1. The zero-order chi connectivity index (χ0) is 9.26. The van der Waals surface area contributed by atoms with E-state index in [9.17, 15) is 0 Å². The summed E-state index contributed by atoms with van der Waals surface area (Å²) in [6, 6.07) is 1.80. The van der Waals surface area contributed by atoms with Gasteiger partial charge >= 0.3 is 0 Å². The van der Waals surface area contributed by atoms with Crippen LogP contribution in [0.15, 0.2) is 12.3 Å². The molecule has 0 aromatic carbocycles. The Balaban J connectivity index is 1.94. The third-order valence-corrected chi connectivity index (χ3v) is 2.07. The number of aryl methyl sites for hydroxylation is 1. The van der Waals surface area contributed by atoms with Crippen LogP contribution in [0.4, 0.5) is 0 Å². The summed E-state index contributed by atoms with van der Waals surface area (Å²) >= 11 is 0. The Bertz CT molecular complexity index is 297. The molecule has 0 amide bonds. The lowest BCUT2D eigenvalue weighted by molar-refractivity contribution is 0.0353. The molecule has 1 aromatic heterocycles. The molecule has 0 unspecified atom stereocenters. The van der Waals surface area contributed by atoms with Crippen molar-refractivity contribution >= 4 is 0 Å². The summed E-state index contributed by atoms with van der Waals surface area (Å²) in [5.74, 6) is 1.44. The molecular formula is C9H13N3O. The van der Waals surface area contributed by atoms with E-state index in [-0.39, 0.29) is 0 Å². The van der Waals surface area contributed by atoms with Gasteiger partial charge in [0.05, 0.1) is 0 Å². The Kier molecular flexibility index (Phi) is 2.14. The first-order valence-electron chi connectivity index (χ1n) is 4.39. The number of aromatic nitrogens is 2. The molecule has 70 valence electrons. The average Bonchev–Trinajstić information content (AvgIpc) is 2.01. The molecule has 0 N–H and O–H groups in total. The van der Waals surface area contributed by atoms with E-state index in [2.05, 4.69) is 21.9 Å². The van der Waals surface area contributed by atoms with Gasteiger partial charge in [-0.2, -0.15) is 4.98 Å². The molecular weight excluding hydrogens is 166 g/mol. The summed E-state index contributed by atoms with van der Waals surface area (Å²) < 4.78 is 5.61. The van der Waals surface area contributed by atoms with Crippen LogP contribution in [0.2, 0.25) is 0 Å². The summed E-state index contributed by atoms with van der Waals surface area (Å²) in [5.41, 5.74) is 0. The molecule has 4 heteroatoms. The van der Waals surface area contributed by atoms with Gasteiger partial charge < -0.3 is 4.74 Å². The molecule has 1 fully saturated rings. The first-order valence-corrected chi connectivity index (χ1v) is 4.39. The van der Waals surface area contributed by atoms with E-state index in [0.717, 1.165) is 18.9 Å². The molecule has 0 radical (unpaired) electrons. The van der Waals surface area contributed by atoms with Gasteiger partial charge in [-0.3, -0.25) is 4.90 Å². The van der Waals surface area contributed by atoms with Gasteiger partial charge in [0.2, 0.25) is 5.88 Å². The molecule has 0 saturated carbocycles. The quantitative estimate of drug-likeness (QED) is 0.661. The molecule has 1 aliphatic heterocycles. The van der Waals surface area contributed by atoms with Crippen molar-refractivity contribution in [2.45, 2.75) is 13.0 Å². The minimum absolute atomic E-state index is 0.305. The smallest absolute Gasteiger partial charge is 0.216 e. The predicted octanol–water partition coefficient (Wildman–Crippen LogP) is 0.478. The van der Waals surface area contributed by atoms with Crippen LogP contribution >= 0.6 is 0 Å². The van der Waals surface area contributed by atoms with E-state index in [1.807, 2.05) is 6.92 Å². The van der Waals surface area contributed by atoms with Crippen molar-refractivity contribution in [3.05, 3.63) is 18.1 Å². The average molecular weight is 179 g/mol. The normalized spacial score (nSPS) is 18.3. The van der Waals surface area contributed by atoms with Gasteiger partial charge in [0, 0.05) is 25.4 Å². The lowest BCUT2D eigenvalue weighted by Gasteiger charge is -2.35. The van der Waals surface area contributed by atoms with Gasteiger partial charge in [-0.1, -0.05) is 0 Å². The third-order valence-electron chi connectivity index (χ3n) is 2.07. The van der Waals surface area contributed by atoms with Crippen LogP contribution in [0.1, 0.15) is 5.82 Å². The lowest BCUT2D eigenvalue weighted by Crippen LogP contribution is -2.51. The van der Waals surface area contributed by atoms with E-state index in [4.69, 9.17) is 4.74 Å². The van der Waals surface area contributed by atoms with E-state index in [0.29, 0.717) is 12.0 Å². The number of rotatable bonds is 2. The molecule has 1 aromatic rings. The molecule has 0 bridgehead atoms. The van der Waals surface area contributed by atoms with E-state index in [1.54, 1.807) is 12.3 Å². The van der Waals surface area contributed by atoms with Gasteiger partial charge in [-0.05, 0) is 14.0 Å². The highest BCUT2D eigenvalue weighted by Crippen LogP contribution is 2.13. The van der Waals surface area contributed by atoms with Crippen LogP contribution in [-0.2, 0) is 0 Å². The van der Waals surface area contributed by atoms with Crippen molar-refractivity contribution in [3.8, 4) is 5.88 Å². The Morgan fingerprint density at radius 2 is 2.31 bits per heavy atom. The number of likely N-dealkylation sites (tertiary alicyclic amines) is 1. The van der Waals surface area contributed by atoms with Crippen LogP contribution in [0, 0.1) is 6.92 Å². The molecule has 0 atom stereocenters. The molecule has 4 nitrogen and oxygen atoms in total. The molecule has 1 aliphatic rings. The molecule has 0 spiro atoms. The van der Waals surface area contributed by atoms with Crippen LogP contribution in [0.25, 0.3) is 0 Å². The number of ether oxygens (including phenoxy) is 1. The molecule has 2 heterocycles. The zero-order valence-corrected chi connectivity index (χ0v) is 7.90. The highest BCUT2D eigenvalue weighted by molar-refractivity contribution is 5.09. The largest absolute Gasteiger partial charge is 0.472 e. The van der Waals surface area contributed by atoms with E-state index in [1.165, 1.54) is 0 Å². The second-order valence-electron chi connectivity index (χ2n) is 3.40. The minimum atomic E-state index is 0.305. The second kappa shape index (κ2) is 3.30. The standard InChI is InChI=1S/C9H13N3O/c1-7-10-4-3-9(11-7)13-8-5-12(2)6-8/h3-4,8H,5-6H2,1-2H3. The fourth-order valence-electron chi connectivity index (χ4n) is 1.39. The van der Waals surface area contributed by atoms with Gasteiger partial charge in [0.15, 0.2) is 0 Å². The number of likely N-dealkylation sites (N-methyl/N-ethyl adjacent to an activating group) is 1. The highest BCUT2D eigenvalue weighted by atomic mass is 16.5. The second-order valence-corrected chi connectivity index (χ2v) is 3.40. The maximum Gasteiger partial charge on any atom is 0.216 e. The van der Waals surface area contributed by atoms with Crippen molar-refractivity contribution < 1.29 is 4.74 Å². The highest BCUT2D eigenvalue weighted by Gasteiger charge is 2.25. The van der Waals surface area contributed by atoms with Crippen LogP contribution in [0.3, 0.4) is 0 Å². The van der Waals surface area contributed by atoms with Crippen molar-refractivity contribution in [1.82, 2.24) is 14.9 Å². The monoisotopic (exact) mass is 179 g/mol. The van der Waals surface area contributed by atoms with Crippen molar-refractivity contribution in [1.29, 1.82) is 0 Å². The maximum atomic E-state index is 5.61. The summed E-state index contributed by atoms with van der Waals surface area (Å²) in [4.78, 5) is 10.4. The fraction of sp³-hybridized carbons (Fsp3) is 0.556. The van der Waals surface area contributed by atoms with Gasteiger partial charge in [0.1, 0.15) is 11.9 Å². The molecule has 2 rings (SSSR count). The summed E-state index contributed by atoms with van der Waals surface area (Å²) in [6.45, 7) is 3.84. The van der Waals surface area contributed by atoms with Crippen molar-refractivity contribution in [3.63, 3.8) is 0 Å². The number of nitrogens with zero attached hydrogens (tertiary/aromatic N) is 3. The van der Waals surface area contributed by atoms with Crippen molar-refractivity contribution in [2.24, 2.45) is 0 Å². The number of hydrogen-bond donors (Lipinski definition) is 0. The lowest BCUT2D eigenvalue weighted by atomic mass is 10.2. The molecule has 1 saturated heterocycles. The Morgan fingerprint density at radius 3 is 2.92 bits per heavy atom. The summed E-state index contributed by atoms with van der Waals surface area (Å²) in [5, 5.41) is 0. The molecule has 0 aliphatic carbocycles.